The molecule has 1 aromatic carbocycles. The minimum atomic E-state index is -0.524. The Labute approximate surface area is 170 Å². The zero-order valence-electron chi connectivity index (χ0n) is 17.2. The third kappa shape index (κ3) is 4.62. The SMILES string of the molecule is COc1ccc(CCn2ccc(C)c(C(=O)N3CCCC(O)C3)c2=O)cc1OC. The quantitative estimate of drug-likeness (QED) is 0.802. The second kappa shape index (κ2) is 9.13. The van der Waals surface area contributed by atoms with Crippen LogP contribution < -0.4 is 15.0 Å². The molecule has 1 aliphatic heterocycles. The Kier molecular flexibility index (Phi) is 6.59. The number of ether oxygens (including phenoxy) is 2. The summed E-state index contributed by atoms with van der Waals surface area (Å²) in [6.07, 6.45) is 3.24. The van der Waals surface area contributed by atoms with Crippen LogP contribution >= 0.6 is 0 Å². The van der Waals surface area contributed by atoms with E-state index in [0.29, 0.717) is 43.0 Å². The van der Waals surface area contributed by atoms with Crippen molar-refractivity contribution in [3.63, 3.8) is 0 Å². The number of aliphatic hydroxyl groups is 1. The van der Waals surface area contributed by atoms with Gasteiger partial charge >= 0.3 is 0 Å². The molecule has 2 aromatic rings. The zero-order chi connectivity index (χ0) is 21.0. The molecular weight excluding hydrogens is 372 g/mol. The van der Waals surface area contributed by atoms with E-state index in [-0.39, 0.29) is 23.6 Å². The van der Waals surface area contributed by atoms with Crippen molar-refractivity contribution in [3.05, 3.63) is 57.5 Å². The van der Waals surface area contributed by atoms with E-state index in [4.69, 9.17) is 9.47 Å². The molecule has 29 heavy (non-hydrogen) atoms. The first-order valence-corrected chi connectivity index (χ1v) is 9.83. The molecule has 0 bridgehead atoms. The molecule has 3 rings (SSSR count). The van der Waals surface area contributed by atoms with Gasteiger partial charge in [-0.2, -0.15) is 0 Å². The number of aryl methyl sites for hydroxylation is 3. The summed E-state index contributed by atoms with van der Waals surface area (Å²) in [5.41, 5.74) is 1.55. The van der Waals surface area contributed by atoms with Crippen molar-refractivity contribution in [2.45, 2.75) is 38.8 Å². The summed E-state index contributed by atoms with van der Waals surface area (Å²) in [5.74, 6) is 0.993. The highest BCUT2D eigenvalue weighted by molar-refractivity contribution is 5.95. The molecule has 1 N–H and O–H groups in total. The van der Waals surface area contributed by atoms with E-state index in [1.807, 2.05) is 18.2 Å². The third-order valence-electron chi connectivity index (χ3n) is 5.36. The van der Waals surface area contributed by atoms with Gasteiger partial charge in [-0.15, -0.1) is 0 Å². The van der Waals surface area contributed by atoms with Crippen molar-refractivity contribution in [3.8, 4) is 11.5 Å². The van der Waals surface area contributed by atoms with Gasteiger partial charge in [-0.1, -0.05) is 6.07 Å². The lowest BCUT2D eigenvalue weighted by Gasteiger charge is -2.30. The molecule has 7 nitrogen and oxygen atoms in total. The number of aromatic nitrogens is 1. The van der Waals surface area contributed by atoms with Gasteiger partial charge in [0.2, 0.25) is 0 Å². The summed E-state index contributed by atoms with van der Waals surface area (Å²) in [7, 11) is 3.17. The first-order valence-electron chi connectivity index (χ1n) is 9.83. The second-order valence-corrected chi connectivity index (χ2v) is 7.36. The topological polar surface area (TPSA) is 81.0 Å². The van der Waals surface area contributed by atoms with Gasteiger partial charge < -0.3 is 24.0 Å². The van der Waals surface area contributed by atoms with Crippen LogP contribution in [0.25, 0.3) is 0 Å². The van der Waals surface area contributed by atoms with Crippen molar-refractivity contribution < 1.29 is 19.4 Å². The number of aliphatic hydroxyl groups excluding tert-OH is 1. The summed E-state index contributed by atoms with van der Waals surface area (Å²) < 4.78 is 12.2. The van der Waals surface area contributed by atoms with Gasteiger partial charge in [0.05, 0.1) is 20.3 Å². The number of amides is 1. The van der Waals surface area contributed by atoms with Gasteiger partial charge in [0.15, 0.2) is 11.5 Å². The first-order chi connectivity index (χ1) is 13.9. The van der Waals surface area contributed by atoms with Crippen LogP contribution in [0.5, 0.6) is 11.5 Å². The van der Waals surface area contributed by atoms with E-state index in [1.165, 1.54) is 0 Å². The second-order valence-electron chi connectivity index (χ2n) is 7.36. The highest BCUT2D eigenvalue weighted by atomic mass is 16.5. The summed E-state index contributed by atoms with van der Waals surface area (Å²) >= 11 is 0. The van der Waals surface area contributed by atoms with Crippen LogP contribution in [-0.2, 0) is 13.0 Å². The largest absolute Gasteiger partial charge is 0.493 e. The Morgan fingerprint density at radius 3 is 2.66 bits per heavy atom. The average Bonchev–Trinajstić information content (AvgIpc) is 2.72. The van der Waals surface area contributed by atoms with E-state index >= 15 is 0 Å². The molecule has 1 atom stereocenters. The molecule has 1 unspecified atom stereocenters. The van der Waals surface area contributed by atoms with Crippen molar-refractivity contribution in [2.24, 2.45) is 0 Å². The van der Waals surface area contributed by atoms with Gasteiger partial charge in [-0.25, -0.2) is 0 Å². The Hall–Kier alpha value is -2.80. The lowest BCUT2D eigenvalue weighted by molar-refractivity contribution is 0.0471. The summed E-state index contributed by atoms with van der Waals surface area (Å²) in [6, 6.07) is 7.45. The molecule has 2 heterocycles. The van der Waals surface area contributed by atoms with Crippen LogP contribution in [0.3, 0.4) is 0 Å². The maximum Gasteiger partial charge on any atom is 0.263 e. The highest BCUT2D eigenvalue weighted by Crippen LogP contribution is 2.27. The predicted octanol–water partition coefficient (Wildman–Crippen LogP) is 2.01. The first kappa shape index (κ1) is 20.9. The van der Waals surface area contributed by atoms with Crippen LogP contribution in [0.4, 0.5) is 0 Å². The fourth-order valence-corrected chi connectivity index (χ4v) is 3.68. The van der Waals surface area contributed by atoms with Crippen LogP contribution in [-0.4, -0.2) is 53.9 Å². The van der Waals surface area contributed by atoms with Crippen LogP contribution in [0, 0.1) is 6.92 Å². The number of carbonyl (C=O) groups excluding carboxylic acids is 1. The minimum Gasteiger partial charge on any atom is -0.493 e. The average molecular weight is 400 g/mol. The van der Waals surface area contributed by atoms with Gasteiger partial charge in [-0.3, -0.25) is 9.59 Å². The lowest BCUT2D eigenvalue weighted by Crippen LogP contribution is -2.44. The van der Waals surface area contributed by atoms with Crippen molar-refractivity contribution in [1.29, 1.82) is 0 Å². The zero-order valence-corrected chi connectivity index (χ0v) is 17.2. The molecular formula is C22H28N2O5. The predicted molar refractivity (Wildman–Crippen MR) is 110 cm³/mol. The molecule has 1 aromatic heterocycles. The number of piperidine rings is 1. The molecule has 156 valence electrons. The monoisotopic (exact) mass is 400 g/mol. The maximum atomic E-state index is 13.0. The number of hydrogen-bond acceptors (Lipinski definition) is 5. The number of nitrogens with zero attached hydrogens (tertiary/aromatic N) is 2. The molecule has 0 aliphatic carbocycles. The fourth-order valence-electron chi connectivity index (χ4n) is 3.68. The summed E-state index contributed by atoms with van der Waals surface area (Å²) in [5, 5.41) is 9.86. The highest BCUT2D eigenvalue weighted by Gasteiger charge is 2.26. The van der Waals surface area contributed by atoms with Crippen molar-refractivity contribution in [1.82, 2.24) is 9.47 Å². The number of carbonyl (C=O) groups is 1. The Morgan fingerprint density at radius 1 is 1.21 bits per heavy atom. The number of likely N-dealkylation sites (tertiary alicyclic amines) is 1. The van der Waals surface area contributed by atoms with E-state index in [1.54, 1.807) is 42.9 Å². The number of benzene rings is 1. The van der Waals surface area contributed by atoms with Crippen molar-refractivity contribution >= 4 is 5.91 Å². The molecule has 1 fully saturated rings. The number of hydrogen-bond donors (Lipinski definition) is 1. The number of pyridine rings is 1. The third-order valence-corrected chi connectivity index (χ3v) is 5.36. The van der Waals surface area contributed by atoms with Gasteiger partial charge in [0.25, 0.3) is 11.5 Å². The molecule has 0 spiro atoms. The molecule has 0 radical (unpaired) electrons. The van der Waals surface area contributed by atoms with E-state index in [2.05, 4.69) is 0 Å². The lowest BCUT2D eigenvalue weighted by atomic mass is 10.1. The molecule has 7 heteroatoms. The van der Waals surface area contributed by atoms with E-state index < -0.39 is 6.10 Å². The van der Waals surface area contributed by atoms with E-state index in [9.17, 15) is 14.7 Å². The summed E-state index contributed by atoms with van der Waals surface area (Å²) in [4.78, 5) is 27.5. The molecule has 1 aliphatic rings. The minimum absolute atomic E-state index is 0.189. The number of β-amino-alcohol motifs (C(OH)–C–C–N with tert-alkyl or cyclic N) is 1. The van der Waals surface area contributed by atoms with E-state index in [0.717, 1.165) is 12.0 Å². The van der Waals surface area contributed by atoms with Crippen LogP contribution in [0.1, 0.15) is 34.3 Å². The standard InChI is InChI=1S/C22H28N2O5/c1-15-8-11-23(12-9-16-6-7-18(28-2)19(13-16)29-3)21(26)20(15)22(27)24-10-4-5-17(25)14-24/h6-8,11,13,17,25H,4-5,9-10,12,14H2,1-3H3. The van der Waals surface area contributed by atoms with Gasteiger partial charge in [0, 0.05) is 25.8 Å². The van der Waals surface area contributed by atoms with Gasteiger partial charge in [-0.05, 0) is 55.5 Å². The Balaban J connectivity index is 1.80. The number of methoxy groups -OCH3 is 2. The molecule has 0 saturated carbocycles. The summed E-state index contributed by atoms with van der Waals surface area (Å²) in [6.45, 7) is 3.05. The Morgan fingerprint density at radius 2 is 1.97 bits per heavy atom. The maximum absolute atomic E-state index is 13.0. The molecule has 1 amide bonds. The van der Waals surface area contributed by atoms with Gasteiger partial charge in [0.1, 0.15) is 5.56 Å². The molecule has 1 saturated heterocycles. The normalized spacial score (nSPS) is 16.6. The van der Waals surface area contributed by atoms with Crippen LogP contribution in [0.2, 0.25) is 0 Å². The Bertz CT molecular complexity index is 937. The number of rotatable bonds is 6. The van der Waals surface area contributed by atoms with Crippen LogP contribution in [0.15, 0.2) is 35.3 Å². The van der Waals surface area contributed by atoms with Crippen molar-refractivity contribution in [2.75, 3.05) is 27.3 Å². The smallest absolute Gasteiger partial charge is 0.263 e. The fraction of sp³-hybridized carbons (Fsp3) is 0.455.